The highest BCUT2D eigenvalue weighted by molar-refractivity contribution is 9.10. The molecule has 2 bridgehead atoms. The lowest BCUT2D eigenvalue weighted by molar-refractivity contribution is -0.112. The molecule has 1 aliphatic carbocycles. The molecule has 104 valence electrons. The maximum atomic E-state index is 12.3. The maximum absolute atomic E-state index is 12.3. The fourth-order valence-electron chi connectivity index (χ4n) is 2.82. The van der Waals surface area contributed by atoms with E-state index in [0.29, 0.717) is 18.7 Å². The van der Waals surface area contributed by atoms with Gasteiger partial charge in [-0.05, 0) is 24.5 Å². The maximum Gasteiger partial charge on any atom is 0.415 e. The minimum Gasteiger partial charge on any atom is -0.410 e. The van der Waals surface area contributed by atoms with Crippen LogP contribution >= 0.6 is 15.9 Å². The van der Waals surface area contributed by atoms with Crippen molar-refractivity contribution in [1.82, 2.24) is 4.90 Å². The molecule has 1 aromatic rings. The Hall–Kier alpha value is -1.62. The standard InChI is InChI=1S/C15H14BrNO3/c16-15(10-18)8-11-6-7-13(15)17(9-11)14(19)20-12-4-2-1-3-5-12/h1-7,10-11,13H,8-9H2/t11-,13-,15+/m1/s1. The number of carbonyl (C=O) groups is 2. The van der Waals surface area contributed by atoms with E-state index in [9.17, 15) is 9.59 Å². The highest BCUT2D eigenvalue weighted by Gasteiger charge is 2.49. The van der Waals surface area contributed by atoms with Crippen LogP contribution in [0.5, 0.6) is 5.75 Å². The molecular weight excluding hydrogens is 322 g/mol. The molecule has 0 N–H and O–H groups in total. The number of carbonyl (C=O) groups excluding carboxylic acids is 2. The molecule has 1 amide bonds. The summed E-state index contributed by atoms with van der Waals surface area (Å²) in [6.45, 7) is 0.591. The van der Waals surface area contributed by atoms with Crippen LogP contribution in [0.2, 0.25) is 0 Å². The predicted molar refractivity (Wildman–Crippen MR) is 77.9 cm³/mol. The number of rotatable bonds is 2. The van der Waals surface area contributed by atoms with E-state index >= 15 is 0 Å². The summed E-state index contributed by atoms with van der Waals surface area (Å²) in [6, 6.07) is 8.66. The molecule has 20 heavy (non-hydrogen) atoms. The van der Waals surface area contributed by atoms with Gasteiger partial charge in [-0.25, -0.2) is 4.79 Å². The van der Waals surface area contributed by atoms with Gasteiger partial charge in [-0.2, -0.15) is 0 Å². The number of nitrogens with zero attached hydrogens (tertiary/aromatic N) is 1. The van der Waals surface area contributed by atoms with E-state index in [4.69, 9.17) is 4.74 Å². The van der Waals surface area contributed by atoms with Gasteiger partial charge in [0.15, 0.2) is 0 Å². The lowest BCUT2D eigenvalue weighted by Gasteiger charge is -2.48. The molecule has 0 saturated carbocycles. The van der Waals surface area contributed by atoms with Gasteiger partial charge in [-0.3, -0.25) is 4.90 Å². The molecule has 0 aromatic heterocycles. The average molecular weight is 336 g/mol. The van der Waals surface area contributed by atoms with Gasteiger partial charge >= 0.3 is 6.09 Å². The summed E-state index contributed by atoms with van der Waals surface area (Å²) in [5.41, 5.74) is 0. The SMILES string of the molecule is O=C[C@@]1(Br)C[C@H]2C=C[C@H]1N(C(=O)Oc1ccccc1)C2. The van der Waals surface area contributed by atoms with Gasteiger partial charge in [-0.15, -0.1) is 0 Å². The molecule has 3 aliphatic rings. The van der Waals surface area contributed by atoms with Crippen LogP contribution < -0.4 is 4.74 Å². The second-order valence-electron chi connectivity index (χ2n) is 5.17. The Bertz CT molecular complexity index is 559. The lowest BCUT2D eigenvalue weighted by Crippen LogP contribution is -2.60. The van der Waals surface area contributed by atoms with Crippen molar-refractivity contribution in [3.05, 3.63) is 42.5 Å². The minimum atomic E-state index is -0.694. The molecule has 4 rings (SSSR count). The predicted octanol–water partition coefficient (Wildman–Crippen LogP) is 2.78. The number of ether oxygens (including phenoxy) is 1. The topological polar surface area (TPSA) is 46.6 Å². The summed E-state index contributed by atoms with van der Waals surface area (Å²) in [5, 5.41) is 0. The van der Waals surface area contributed by atoms with Gasteiger partial charge in [0.25, 0.3) is 0 Å². The van der Waals surface area contributed by atoms with Crippen molar-refractivity contribution in [3.63, 3.8) is 0 Å². The number of piperidine rings is 1. The molecule has 5 heteroatoms. The van der Waals surface area contributed by atoms with Gasteiger partial charge < -0.3 is 9.53 Å². The molecule has 4 nitrogen and oxygen atoms in total. The fraction of sp³-hybridized carbons (Fsp3) is 0.333. The van der Waals surface area contributed by atoms with E-state index in [2.05, 4.69) is 22.0 Å². The fourth-order valence-corrected chi connectivity index (χ4v) is 3.64. The third-order valence-electron chi connectivity index (χ3n) is 3.78. The summed E-state index contributed by atoms with van der Waals surface area (Å²) in [5.74, 6) is 0.696. The van der Waals surface area contributed by atoms with Gasteiger partial charge in [0.1, 0.15) is 16.4 Å². The minimum absolute atomic E-state index is 0.188. The first-order chi connectivity index (χ1) is 9.62. The molecule has 0 unspecified atom stereocenters. The number of fused-ring (bicyclic) bond motifs is 2. The number of benzene rings is 1. The molecule has 2 aliphatic heterocycles. The van der Waals surface area contributed by atoms with Crippen molar-refractivity contribution < 1.29 is 14.3 Å². The number of halogens is 1. The molecule has 0 radical (unpaired) electrons. The monoisotopic (exact) mass is 335 g/mol. The molecule has 1 fully saturated rings. The molecule has 1 aromatic carbocycles. The van der Waals surface area contributed by atoms with Crippen LogP contribution in [0.4, 0.5) is 4.79 Å². The Balaban J connectivity index is 1.79. The van der Waals surface area contributed by atoms with Crippen LogP contribution in [0.1, 0.15) is 6.42 Å². The summed E-state index contributed by atoms with van der Waals surface area (Å²) >= 11 is 3.48. The summed E-state index contributed by atoms with van der Waals surface area (Å²) in [6.07, 6.45) is 5.16. The normalized spacial score (nSPS) is 31.1. The van der Waals surface area contributed by atoms with E-state index in [1.807, 2.05) is 24.3 Å². The van der Waals surface area contributed by atoms with Crippen LogP contribution in [0.25, 0.3) is 0 Å². The second kappa shape index (κ2) is 5.05. The highest BCUT2D eigenvalue weighted by atomic mass is 79.9. The first-order valence-electron chi connectivity index (χ1n) is 6.49. The zero-order valence-corrected chi connectivity index (χ0v) is 12.3. The molecule has 3 atom stereocenters. The van der Waals surface area contributed by atoms with Crippen LogP contribution in [-0.4, -0.2) is 34.2 Å². The van der Waals surface area contributed by atoms with E-state index in [1.54, 1.807) is 17.0 Å². The molecule has 1 saturated heterocycles. The van der Waals surface area contributed by atoms with Crippen molar-refractivity contribution in [2.75, 3.05) is 6.54 Å². The van der Waals surface area contributed by atoms with Crippen molar-refractivity contribution >= 4 is 28.3 Å². The number of aldehydes is 1. The number of para-hydroxylation sites is 1. The zero-order chi connectivity index (χ0) is 14.2. The first kappa shape index (κ1) is 13.4. The number of amides is 1. The number of hydrogen-bond acceptors (Lipinski definition) is 3. The van der Waals surface area contributed by atoms with Crippen molar-refractivity contribution in [3.8, 4) is 5.75 Å². The summed E-state index contributed by atoms with van der Waals surface area (Å²) in [4.78, 5) is 25.2. The average Bonchev–Trinajstić information content (AvgIpc) is 2.48. The van der Waals surface area contributed by atoms with Gasteiger partial charge in [0, 0.05) is 6.54 Å². The quantitative estimate of drug-likeness (QED) is 0.474. The van der Waals surface area contributed by atoms with Crippen LogP contribution in [-0.2, 0) is 4.79 Å². The first-order valence-corrected chi connectivity index (χ1v) is 7.29. The van der Waals surface area contributed by atoms with Crippen LogP contribution in [0.15, 0.2) is 42.5 Å². The Morgan fingerprint density at radius 3 is 2.75 bits per heavy atom. The number of alkyl halides is 1. The van der Waals surface area contributed by atoms with Crippen molar-refractivity contribution in [2.45, 2.75) is 16.8 Å². The van der Waals surface area contributed by atoms with Gasteiger partial charge in [0.2, 0.25) is 0 Å². The number of hydrogen-bond donors (Lipinski definition) is 0. The van der Waals surface area contributed by atoms with Gasteiger partial charge in [-0.1, -0.05) is 46.3 Å². The summed E-state index contributed by atoms with van der Waals surface area (Å²) < 4.78 is 4.67. The largest absolute Gasteiger partial charge is 0.415 e. The Morgan fingerprint density at radius 2 is 2.10 bits per heavy atom. The lowest BCUT2D eigenvalue weighted by atomic mass is 9.78. The van der Waals surface area contributed by atoms with Crippen molar-refractivity contribution in [2.24, 2.45) is 5.92 Å². The third-order valence-corrected chi connectivity index (χ3v) is 4.76. The Kier molecular flexibility index (Phi) is 3.38. The Labute approximate surface area is 125 Å². The highest BCUT2D eigenvalue weighted by Crippen LogP contribution is 2.42. The second-order valence-corrected chi connectivity index (χ2v) is 6.65. The van der Waals surface area contributed by atoms with E-state index in [0.717, 1.165) is 6.29 Å². The molecule has 0 spiro atoms. The van der Waals surface area contributed by atoms with E-state index in [1.165, 1.54) is 0 Å². The smallest absolute Gasteiger partial charge is 0.410 e. The van der Waals surface area contributed by atoms with Crippen LogP contribution in [0, 0.1) is 5.92 Å². The van der Waals surface area contributed by atoms with E-state index in [-0.39, 0.29) is 12.0 Å². The zero-order valence-electron chi connectivity index (χ0n) is 10.7. The third kappa shape index (κ3) is 2.26. The molecular formula is C15H14BrNO3. The van der Waals surface area contributed by atoms with Gasteiger partial charge in [0.05, 0.1) is 6.04 Å². The van der Waals surface area contributed by atoms with E-state index < -0.39 is 10.4 Å². The summed E-state index contributed by atoms with van der Waals surface area (Å²) in [7, 11) is 0. The van der Waals surface area contributed by atoms with Crippen molar-refractivity contribution in [1.29, 1.82) is 0 Å². The Morgan fingerprint density at radius 1 is 1.35 bits per heavy atom. The molecule has 2 heterocycles. The van der Waals surface area contributed by atoms with Crippen LogP contribution in [0.3, 0.4) is 0 Å².